The summed E-state index contributed by atoms with van der Waals surface area (Å²) >= 11 is 0. The summed E-state index contributed by atoms with van der Waals surface area (Å²) in [5.74, 6) is -0.635. The number of fused-ring (bicyclic) bond motifs is 1. The molecule has 1 N–H and O–H groups in total. The van der Waals surface area contributed by atoms with Gasteiger partial charge in [0.25, 0.3) is 0 Å². The molecule has 0 aliphatic heterocycles. The highest BCUT2D eigenvalue weighted by atomic mass is 16.5. The second-order valence-electron chi connectivity index (χ2n) is 5.71. The fraction of sp³-hybridized carbons (Fsp3) is 0.200. The van der Waals surface area contributed by atoms with Crippen LogP contribution in [0.2, 0.25) is 0 Å². The van der Waals surface area contributed by atoms with E-state index in [1.165, 1.54) is 7.11 Å². The lowest BCUT2D eigenvalue weighted by Gasteiger charge is -2.06. The topological polar surface area (TPSA) is 68.4 Å². The van der Waals surface area contributed by atoms with Gasteiger partial charge in [-0.2, -0.15) is 0 Å². The Bertz CT molecular complexity index is 880. The Labute approximate surface area is 145 Å². The Morgan fingerprint density at radius 3 is 2.56 bits per heavy atom. The number of aromatic nitrogens is 1. The van der Waals surface area contributed by atoms with Gasteiger partial charge in [0.15, 0.2) is 0 Å². The molecule has 0 radical (unpaired) electrons. The maximum Gasteiger partial charge on any atom is 0.337 e. The molecule has 0 unspecified atom stereocenters. The highest BCUT2D eigenvalue weighted by Crippen LogP contribution is 2.19. The number of para-hydroxylation sites is 1. The largest absolute Gasteiger partial charge is 0.465 e. The summed E-state index contributed by atoms with van der Waals surface area (Å²) in [6.45, 7) is 0.189. The Balaban J connectivity index is 1.50. The van der Waals surface area contributed by atoms with Gasteiger partial charge in [-0.25, -0.2) is 4.79 Å². The molecule has 0 amide bonds. The van der Waals surface area contributed by atoms with Crippen molar-refractivity contribution in [1.29, 1.82) is 0 Å². The number of ether oxygens (including phenoxy) is 2. The summed E-state index contributed by atoms with van der Waals surface area (Å²) in [5.41, 5.74) is 3.47. The van der Waals surface area contributed by atoms with Crippen LogP contribution < -0.4 is 0 Å². The third-order valence-corrected chi connectivity index (χ3v) is 4.05. The molecule has 25 heavy (non-hydrogen) atoms. The van der Waals surface area contributed by atoms with Crippen LogP contribution in [0.4, 0.5) is 0 Å². The van der Waals surface area contributed by atoms with Gasteiger partial charge in [-0.15, -0.1) is 0 Å². The lowest BCUT2D eigenvalue weighted by Crippen LogP contribution is -2.06. The number of methoxy groups -OCH3 is 1. The highest BCUT2D eigenvalue weighted by Gasteiger charge is 2.09. The van der Waals surface area contributed by atoms with Crippen LogP contribution in [0, 0.1) is 0 Å². The Hall–Kier alpha value is -3.08. The summed E-state index contributed by atoms with van der Waals surface area (Å²) in [4.78, 5) is 26.5. The molecule has 3 aromatic rings. The quantitative estimate of drug-likeness (QED) is 0.698. The van der Waals surface area contributed by atoms with Crippen molar-refractivity contribution >= 4 is 22.8 Å². The second kappa shape index (κ2) is 7.66. The van der Waals surface area contributed by atoms with E-state index in [9.17, 15) is 9.59 Å². The maximum absolute atomic E-state index is 12.0. The van der Waals surface area contributed by atoms with Gasteiger partial charge in [0.05, 0.1) is 12.7 Å². The van der Waals surface area contributed by atoms with Crippen LogP contribution >= 0.6 is 0 Å². The van der Waals surface area contributed by atoms with Gasteiger partial charge < -0.3 is 14.5 Å². The molecule has 1 aromatic heterocycles. The highest BCUT2D eigenvalue weighted by molar-refractivity contribution is 5.89. The molecule has 0 fully saturated rings. The van der Waals surface area contributed by atoms with E-state index in [0.717, 1.165) is 22.0 Å². The lowest BCUT2D eigenvalue weighted by molar-refractivity contribution is -0.144. The van der Waals surface area contributed by atoms with Crippen molar-refractivity contribution in [3.05, 3.63) is 71.4 Å². The summed E-state index contributed by atoms with van der Waals surface area (Å²) in [5, 5.41) is 1.13. The Kier molecular flexibility index (Phi) is 5.14. The first-order chi connectivity index (χ1) is 12.2. The van der Waals surface area contributed by atoms with Crippen LogP contribution in [0.3, 0.4) is 0 Å². The van der Waals surface area contributed by atoms with E-state index in [2.05, 4.69) is 9.72 Å². The molecule has 2 aromatic carbocycles. The monoisotopic (exact) mass is 337 g/mol. The number of carbonyl (C=O) groups is 2. The van der Waals surface area contributed by atoms with Crippen molar-refractivity contribution in [2.45, 2.75) is 19.4 Å². The number of hydrogen-bond donors (Lipinski definition) is 1. The third kappa shape index (κ3) is 4.07. The number of carbonyl (C=O) groups excluding carboxylic acids is 2. The SMILES string of the molecule is COC(=O)c1ccc(COC(=O)CCc2c[nH]c3ccccc23)cc1. The molecule has 0 saturated carbocycles. The molecule has 3 rings (SSSR count). The Morgan fingerprint density at radius 2 is 1.80 bits per heavy atom. The average Bonchev–Trinajstić information content (AvgIpc) is 3.07. The van der Waals surface area contributed by atoms with Crippen LogP contribution in [0.5, 0.6) is 0 Å². The summed E-state index contributed by atoms with van der Waals surface area (Å²) in [6.07, 6.45) is 2.88. The van der Waals surface area contributed by atoms with Gasteiger partial charge in [0, 0.05) is 23.5 Å². The number of hydrogen-bond acceptors (Lipinski definition) is 4. The van der Waals surface area contributed by atoms with E-state index in [-0.39, 0.29) is 18.5 Å². The molecule has 0 bridgehead atoms. The van der Waals surface area contributed by atoms with Crippen molar-refractivity contribution in [3.8, 4) is 0 Å². The summed E-state index contributed by atoms with van der Waals surface area (Å²) in [7, 11) is 1.34. The van der Waals surface area contributed by atoms with E-state index in [4.69, 9.17) is 4.74 Å². The smallest absolute Gasteiger partial charge is 0.337 e. The zero-order chi connectivity index (χ0) is 17.6. The molecule has 0 saturated heterocycles. The first kappa shape index (κ1) is 16.8. The van der Waals surface area contributed by atoms with Crippen molar-refractivity contribution < 1.29 is 19.1 Å². The van der Waals surface area contributed by atoms with Crippen LogP contribution in [-0.2, 0) is 27.3 Å². The molecule has 5 nitrogen and oxygen atoms in total. The van der Waals surface area contributed by atoms with Crippen molar-refractivity contribution in [2.24, 2.45) is 0 Å². The number of benzene rings is 2. The summed E-state index contributed by atoms with van der Waals surface area (Å²) in [6, 6.07) is 14.8. The average molecular weight is 337 g/mol. The zero-order valence-electron chi connectivity index (χ0n) is 14.0. The van der Waals surface area contributed by atoms with E-state index in [1.807, 2.05) is 30.5 Å². The van der Waals surface area contributed by atoms with E-state index >= 15 is 0 Å². The van der Waals surface area contributed by atoms with Crippen molar-refractivity contribution in [1.82, 2.24) is 4.98 Å². The van der Waals surface area contributed by atoms with Gasteiger partial charge in [-0.1, -0.05) is 30.3 Å². The van der Waals surface area contributed by atoms with Gasteiger partial charge in [0.1, 0.15) is 6.61 Å². The minimum atomic E-state index is -0.387. The number of esters is 2. The minimum Gasteiger partial charge on any atom is -0.465 e. The first-order valence-electron chi connectivity index (χ1n) is 8.05. The van der Waals surface area contributed by atoms with Crippen LogP contribution in [-0.4, -0.2) is 24.0 Å². The molecular weight excluding hydrogens is 318 g/mol. The van der Waals surface area contributed by atoms with Crippen LogP contribution in [0.15, 0.2) is 54.7 Å². The number of H-pyrrole nitrogens is 1. The molecular formula is C20H19NO4. The predicted octanol–water partition coefficient (Wildman–Crippen LogP) is 3.63. The third-order valence-electron chi connectivity index (χ3n) is 4.05. The standard InChI is InChI=1S/C20H19NO4/c1-24-20(23)15-8-6-14(7-9-15)13-25-19(22)11-10-16-12-21-18-5-3-2-4-17(16)18/h2-9,12,21H,10-11,13H2,1H3. The maximum atomic E-state index is 12.0. The predicted molar refractivity (Wildman–Crippen MR) is 94.2 cm³/mol. The molecule has 1 heterocycles. The van der Waals surface area contributed by atoms with Gasteiger partial charge in [-0.05, 0) is 35.7 Å². The van der Waals surface area contributed by atoms with Gasteiger partial charge in [-0.3, -0.25) is 4.79 Å². The van der Waals surface area contributed by atoms with E-state index in [0.29, 0.717) is 18.4 Å². The van der Waals surface area contributed by atoms with Gasteiger partial charge >= 0.3 is 11.9 Å². The molecule has 0 spiro atoms. The normalized spacial score (nSPS) is 10.6. The second-order valence-corrected chi connectivity index (χ2v) is 5.71. The zero-order valence-corrected chi connectivity index (χ0v) is 14.0. The first-order valence-corrected chi connectivity index (χ1v) is 8.05. The number of aromatic amines is 1. The number of aryl methyl sites for hydroxylation is 1. The van der Waals surface area contributed by atoms with Gasteiger partial charge in [0.2, 0.25) is 0 Å². The number of nitrogens with one attached hydrogen (secondary N) is 1. The molecule has 128 valence electrons. The minimum absolute atomic E-state index is 0.189. The van der Waals surface area contributed by atoms with E-state index in [1.54, 1.807) is 24.3 Å². The molecule has 0 aliphatic rings. The van der Waals surface area contributed by atoms with E-state index < -0.39 is 0 Å². The molecule has 0 aliphatic carbocycles. The fourth-order valence-electron chi connectivity index (χ4n) is 2.67. The lowest BCUT2D eigenvalue weighted by atomic mass is 10.1. The molecule has 0 atom stereocenters. The van der Waals surface area contributed by atoms with Crippen molar-refractivity contribution in [2.75, 3.05) is 7.11 Å². The fourth-order valence-corrected chi connectivity index (χ4v) is 2.67. The van der Waals surface area contributed by atoms with Crippen molar-refractivity contribution in [3.63, 3.8) is 0 Å². The molecule has 5 heteroatoms. The Morgan fingerprint density at radius 1 is 1.04 bits per heavy atom. The van der Waals surface area contributed by atoms with Crippen LogP contribution in [0.25, 0.3) is 10.9 Å². The van der Waals surface area contributed by atoms with Crippen LogP contribution in [0.1, 0.15) is 27.9 Å². The summed E-state index contributed by atoms with van der Waals surface area (Å²) < 4.78 is 9.95. The number of rotatable bonds is 6.